The molecule has 0 spiro atoms. The molecule has 29 heavy (non-hydrogen) atoms. The standard InChI is InChI=1S/C21H23N5O3/c1-29-20(28)17-13-22-21(23-14-17)25-11-8-16(9-12-25)19(27)26-18(7-10-24-26)15-5-3-2-4-6-15/h2-6,10,13-14,16,18H,7-9,11-12H2,1H3. The third-order valence-electron chi connectivity index (χ3n) is 5.43. The van der Waals surface area contributed by atoms with Crippen molar-refractivity contribution in [3.8, 4) is 0 Å². The van der Waals surface area contributed by atoms with Gasteiger partial charge in [0.15, 0.2) is 0 Å². The van der Waals surface area contributed by atoms with E-state index < -0.39 is 5.97 Å². The van der Waals surface area contributed by atoms with Crippen LogP contribution in [0.25, 0.3) is 0 Å². The van der Waals surface area contributed by atoms with Crippen LogP contribution < -0.4 is 4.90 Å². The van der Waals surface area contributed by atoms with Gasteiger partial charge in [0.25, 0.3) is 0 Å². The molecule has 150 valence electrons. The highest BCUT2D eigenvalue weighted by Crippen LogP contribution is 2.32. The van der Waals surface area contributed by atoms with Gasteiger partial charge >= 0.3 is 5.97 Å². The van der Waals surface area contributed by atoms with E-state index in [-0.39, 0.29) is 17.9 Å². The van der Waals surface area contributed by atoms with Crippen molar-refractivity contribution >= 4 is 24.0 Å². The summed E-state index contributed by atoms with van der Waals surface area (Å²) in [5, 5.41) is 6.01. The molecule has 1 fully saturated rings. The molecule has 1 saturated heterocycles. The third-order valence-corrected chi connectivity index (χ3v) is 5.43. The molecule has 8 heteroatoms. The van der Waals surface area contributed by atoms with Crippen LogP contribution in [-0.2, 0) is 9.53 Å². The summed E-state index contributed by atoms with van der Waals surface area (Å²) in [6, 6.07) is 10.0. The molecule has 4 rings (SSSR count). The molecule has 1 atom stereocenters. The first-order chi connectivity index (χ1) is 14.2. The summed E-state index contributed by atoms with van der Waals surface area (Å²) >= 11 is 0. The maximum absolute atomic E-state index is 13.1. The molecule has 0 aliphatic carbocycles. The topological polar surface area (TPSA) is 88.0 Å². The number of carbonyl (C=O) groups is 2. The summed E-state index contributed by atoms with van der Waals surface area (Å²) in [4.78, 5) is 35.2. The van der Waals surface area contributed by atoms with Crippen LogP contribution in [0.2, 0.25) is 0 Å². The van der Waals surface area contributed by atoms with Crippen molar-refractivity contribution in [1.82, 2.24) is 15.0 Å². The number of rotatable bonds is 4. The normalized spacial score (nSPS) is 19.4. The SMILES string of the molecule is COC(=O)c1cnc(N2CCC(C(=O)N3N=CCC3c3ccccc3)CC2)nc1. The minimum Gasteiger partial charge on any atom is -0.465 e. The van der Waals surface area contributed by atoms with Crippen LogP contribution in [-0.4, -0.2) is 53.3 Å². The number of nitrogens with zero attached hydrogens (tertiary/aromatic N) is 5. The van der Waals surface area contributed by atoms with Gasteiger partial charge in [-0.05, 0) is 18.4 Å². The van der Waals surface area contributed by atoms with Crippen molar-refractivity contribution in [1.29, 1.82) is 0 Å². The molecule has 0 saturated carbocycles. The second-order valence-corrected chi connectivity index (χ2v) is 7.17. The number of methoxy groups -OCH3 is 1. The van der Waals surface area contributed by atoms with E-state index in [9.17, 15) is 9.59 Å². The molecule has 0 radical (unpaired) electrons. The van der Waals surface area contributed by atoms with Crippen LogP contribution in [0, 0.1) is 5.92 Å². The molecule has 2 aromatic rings. The first-order valence-corrected chi connectivity index (χ1v) is 9.73. The predicted molar refractivity (Wildman–Crippen MR) is 107 cm³/mol. The molecule has 1 aromatic heterocycles. The summed E-state index contributed by atoms with van der Waals surface area (Å²) in [7, 11) is 1.32. The lowest BCUT2D eigenvalue weighted by Crippen LogP contribution is -2.41. The lowest BCUT2D eigenvalue weighted by Gasteiger charge is -2.33. The van der Waals surface area contributed by atoms with Crippen molar-refractivity contribution < 1.29 is 14.3 Å². The van der Waals surface area contributed by atoms with Crippen LogP contribution >= 0.6 is 0 Å². The summed E-state index contributed by atoms with van der Waals surface area (Å²) in [6.45, 7) is 1.36. The van der Waals surface area contributed by atoms with Crippen molar-refractivity contribution in [2.24, 2.45) is 11.0 Å². The van der Waals surface area contributed by atoms with Crippen molar-refractivity contribution in [2.45, 2.75) is 25.3 Å². The fraction of sp³-hybridized carbons (Fsp3) is 0.381. The van der Waals surface area contributed by atoms with E-state index in [1.807, 2.05) is 41.4 Å². The Balaban J connectivity index is 1.37. The number of carbonyl (C=O) groups excluding carboxylic acids is 2. The van der Waals surface area contributed by atoms with E-state index in [0.717, 1.165) is 12.0 Å². The van der Waals surface area contributed by atoms with Crippen LogP contribution in [0.15, 0.2) is 47.8 Å². The molecular weight excluding hydrogens is 370 g/mol. The average molecular weight is 393 g/mol. The Morgan fingerprint density at radius 1 is 1.07 bits per heavy atom. The summed E-state index contributed by atoms with van der Waals surface area (Å²) in [5.74, 6) is 0.112. The number of benzene rings is 1. The van der Waals surface area contributed by atoms with Gasteiger partial charge in [-0.15, -0.1) is 0 Å². The molecule has 0 bridgehead atoms. The Morgan fingerprint density at radius 2 is 1.76 bits per heavy atom. The number of hydrogen-bond acceptors (Lipinski definition) is 7. The van der Waals surface area contributed by atoms with Crippen LogP contribution in [0.3, 0.4) is 0 Å². The summed E-state index contributed by atoms with van der Waals surface area (Å²) in [6.07, 6.45) is 6.93. The third kappa shape index (κ3) is 3.96. The molecular formula is C21H23N5O3. The lowest BCUT2D eigenvalue weighted by molar-refractivity contribution is -0.138. The highest BCUT2D eigenvalue weighted by atomic mass is 16.5. The maximum Gasteiger partial charge on any atom is 0.341 e. The van der Waals surface area contributed by atoms with Crippen LogP contribution in [0.1, 0.15) is 41.2 Å². The smallest absolute Gasteiger partial charge is 0.341 e. The summed E-state index contributed by atoms with van der Waals surface area (Å²) < 4.78 is 4.67. The van der Waals surface area contributed by atoms with Gasteiger partial charge in [0.2, 0.25) is 11.9 Å². The van der Waals surface area contributed by atoms with E-state index in [0.29, 0.717) is 37.4 Å². The largest absolute Gasteiger partial charge is 0.465 e. The fourth-order valence-electron chi connectivity index (χ4n) is 3.80. The van der Waals surface area contributed by atoms with Crippen molar-refractivity contribution in [3.63, 3.8) is 0 Å². The Bertz CT molecular complexity index is 892. The van der Waals surface area contributed by atoms with Crippen molar-refractivity contribution in [2.75, 3.05) is 25.1 Å². The van der Waals surface area contributed by atoms with Crippen LogP contribution in [0.5, 0.6) is 0 Å². The molecule has 1 aromatic carbocycles. The molecule has 3 heterocycles. The zero-order valence-electron chi connectivity index (χ0n) is 16.3. The molecule has 1 amide bonds. The van der Waals surface area contributed by atoms with Crippen molar-refractivity contribution in [3.05, 3.63) is 53.9 Å². The summed E-state index contributed by atoms with van der Waals surface area (Å²) in [5.41, 5.74) is 1.43. The number of esters is 1. The van der Waals surface area contributed by atoms with Gasteiger partial charge in [-0.25, -0.2) is 19.8 Å². The molecule has 2 aliphatic heterocycles. The van der Waals surface area contributed by atoms with Gasteiger partial charge in [0.1, 0.15) is 0 Å². The van der Waals surface area contributed by atoms with Gasteiger partial charge in [-0.2, -0.15) is 5.10 Å². The van der Waals surface area contributed by atoms with Gasteiger partial charge in [-0.3, -0.25) is 4.79 Å². The highest BCUT2D eigenvalue weighted by molar-refractivity contribution is 5.88. The molecule has 2 aliphatic rings. The minimum absolute atomic E-state index is 0.0177. The van der Waals surface area contributed by atoms with E-state index in [1.165, 1.54) is 19.5 Å². The Kier molecular flexibility index (Phi) is 5.50. The first-order valence-electron chi connectivity index (χ1n) is 9.73. The number of hydrazone groups is 1. The average Bonchev–Trinajstić information content (AvgIpc) is 3.29. The monoisotopic (exact) mass is 393 g/mol. The number of ether oxygens (including phenoxy) is 1. The van der Waals surface area contributed by atoms with Gasteiger partial charge in [-0.1, -0.05) is 30.3 Å². The lowest BCUT2D eigenvalue weighted by atomic mass is 9.94. The molecule has 1 unspecified atom stereocenters. The second kappa shape index (κ2) is 8.38. The second-order valence-electron chi connectivity index (χ2n) is 7.17. The number of piperidine rings is 1. The van der Waals surface area contributed by atoms with E-state index in [2.05, 4.69) is 19.8 Å². The Morgan fingerprint density at radius 3 is 2.41 bits per heavy atom. The zero-order valence-corrected chi connectivity index (χ0v) is 16.3. The van der Waals surface area contributed by atoms with Gasteiger partial charge in [0.05, 0.1) is 18.7 Å². The minimum atomic E-state index is -0.458. The van der Waals surface area contributed by atoms with E-state index in [4.69, 9.17) is 0 Å². The number of aromatic nitrogens is 2. The quantitative estimate of drug-likeness (QED) is 0.742. The molecule has 0 N–H and O–H groups in total. The zero-order chi connectivity index (χ0) is 20.2. The maximum atomic E-state index is 13.1. The predicted octanol–water partition coefficient (Wildman–Crippen LogP) is 2.44. The molecule has 8 nitrogen and oxygen atoms in total. The van der Waals surface area contributed by atoms with Gasteiger partial charge < -0.3 is 9.64 Å². The Labute approximate surface area is 169 Å². The van der Waals surface area contributed by atoms with E-state index in [1.54, 1.807) is 5.01 Å². The van der Waals surface area contributed by atoms with Gasteiger partial charge in [0, 0.05) is 44.0 Å². The number of hydrogen-bond donors (Lipinski definition) is 0. The van der Waals surface area contributed by atoms with Crippen LogP contribution in [0.4, 0.5) is 5.95 Å². The number of anilines is 1. The van der Waals surface area contributed by atoms with E-state index >= 15 is 0 Å². The number of amides is 1. The first kappa shape index (κ1) is 19.0. The highest BCUT2D eigenvalue weighted by Gasteiger charge is 2.35. The Hall–Kier alpha value is -3.29. The fourth-order valence-corrected chi connectivity index (χ4v) is 3.80.